The molecule has 0 saturated heterocycles. The third-order valence-electron chi connectivity index (χ3n) is 6.29. The maximum Gasteiger partial charge on any atom is 0.248 e. The summed E-state index contributed by atoms with van der Waals surface area (Å²) in [6, 6.07) is 25.2. The van der Waals surface area contributed by atoms with Gasteiger partial charge in [0.2, 0.25) is 5.91 Å². The Morgan fingerprint density at radius 1 is 0.889 bits per heavy atom. The highest BCUT2D eigenvalue weighted by Gasteiger charge is 2.15. The molecule has 36 heavy (non-hydrogen) atoms. The van der Waals surface area contributed by atoms with Gasteiger partial charge in [0.15, 0.2) is 5.78 Å². The van der Waals surface area contributed by atoms with Crippen molar-refractivity contribution in [1.29, 1.82) is 0 Å². The van der Waals surface area contributed by atoms with Crippen molar-refractivity contribution in [2.75, 3.05) is 12.4 Å². The molecule has 1 aromatic heterocycles. The molecule has 1 heterocycles. The Hall–Kier alpha value is -4.64. The molecule has 5 aromatic rings. The molecule has 4 aromatic carbocycles. The van der Waals surface area contributed by atoms with Crippen molar-refractivity contribution in [3.05, 3.63) is 102 Å². The van der Waals surface area contributed by atoms with E-state index in [-0.39, 0.29) is 11.7 Å². The van der Waals surface area contributed by atoms with Crippen molar-refractivity contribution in [1.82, 2.24) is 0 Å². The average molecular weight is 476 g/mol. The smallest absolute Gasteiger partial charge is 0.248 e. The molecule has 0 atom stereocenters. The summed E-state index contributed by atoms with van der Waals surface area (Å²) in [4.78, 5) is 24.2. The lowest BCUT2D eigenvalue weighted by atomic mass is 9.97. The largest absolute Gasteiger partial charge is 0.496 e. The second kappa shape index (κ2) is 9.55. The van der Waals surface area contributed by atoms with Gasteiger partial charge in [-0.05, 0) is 72.2 Å². The number of nitrogens with one attached hydrogen (secondary N) is 1. The highest BCUT2D eigenvalue weighted by atomic mass is 16.5. The molecule has 5 rings (SSSR count). The minimum absolute atomic E-state index is 0.0200. The fraction of sp³-hybridized carbons (Fsp3) is 0.0968. The first-order valence-corrected chi connectivity index (χ1v) is 11.6. The van der Waals surface area contributed by atoms with Crippen LogP contribution in [0.5, 0.6) is 5.75 Å². The van der Waals surface area contributed by atoms with Crippen LogP contribution in [0, 0.1) is 0 Å². The van der Waals surface area contributed by atoms with Crippen LogP contribution in [0.2, 0.25) is 0 Å². The molecule has 0 aliphatic rings. The van der Waals surface area contributed by atoms with E-state index in [0.717, 1.165) is 33.0 Å². The Bertz CT molecular complexity index is 1640. The molecular weight excluding hydrogens is 450 g/mol. The van der Waals surface area contributed by atoms with E-state index in [4.69, 9.17) is 9.15 Å². The number of fused-ring (bicyclic) bond motifs is 2. The molecule has 0 unspecified atom stereocenters. The fourth-order valence-corrected chi connectivity index (χ4v) is 4.35. The number of ether oxygens (including phenoxy) is 1. The molecule has 0 aliphatic carbocycles. The molecule has 0 fully saturated rings. The Morgan fingerprint density at radius 2 is 1.64 bits per heavy atom. The molecule has 5 heteroatoms. The van der Waals surface area contributed by atoms with Crippen molar-refractivity contribution in [2.45, 2.75) is 13.8 Å². The van der Waals surface area contributed by atoms with E-state index >= 15 is 0 Å². The summed E-state index contributed by atoms with van der Waals surface area (Å²) in [5.41, 5.74) is 5.50. The summed E-state index contributed by atoms with van der Waals surface area (Å²) >= 11 is 0. The number of allylic oxidation sites excluding steroid dienone is 1. The van der Waals surface area contributed by atoms with E-state index in [1.807, 2.05) is 31.2 Å². The van der Waals surface area contributed by atoms with Crippen LogP contribution in [0.3, 0.4) is 0 Å². The summed E-state index contributed by atoms with van der Waals surface area (Å²) < 4.78 is 11.5. The zero-order valence-corrected chi connectivity index (χ0v) is 20.3. The number of anilines is 1. The quantitative estimate of drug-likeness (QED) is 0.204. The number of Topliss-reactive ketones (excluding diaryl/α,β-unsaturated/α-hetero) is 1. The topological polar surface area (TPSA) is 68.5 Å². The first-order valence-electron chi connectivity index (χ1n) is 11.6. The number of amides is 1. The zero-order valence-electron chi connectivity index (χ0n) is 20.3. The maximum atomic E-state index is 12.7. The Morgan fingerprint density at radius 3 is 2.36 bits per heavy atom. The second-order valence-corrected chi connectivity index (χ2v) is 8.71. The van der Waals surface area contributed by atoms with E-state index < -0.39 is 0 Å². The number of benzene rings is 4. The highest BCUT2D eigenvalue weighted by molar-refractivity contribution is 6.06. The Balaban J connectivity index is 1.48. The Labute approximate surface area is 209 Å². The summed E-state index contributed by atoms with van der Waals surface area (Å²) in [6.07, 6.45) is 3.30. The van der Waals surface area contributed by atoms with Crippen LogP contribution in [0.1, 0.15) is 29.8 Å². The van der Waals surface area contributed by atoms with Crippen LogP contribution in [0.25, 0.3) is 38.4 Å². The molecular formula is C31H25NO4. The summed E-state index contributed by atoms with van der Waals surface area (Å²) in [5, 5.41) is 6.12. The van der Waals surface area contributed by atoms with E-state index in [9.17, 15) is 9.59 Å². The van der Waals surface area contributed by atoms with E-state index in [0.29, 0.717) is 22.6 Å². The normalized spacial score (nSPS) is 11.6. The zero-order chi connectivity index (χ0) is 25.2. The first kappa shape index (κ1) is 23.1. The molecule has 1 N–H and O–H groups in total. The lowest BCUT2D eigenvalue weighted by Crippen LogP contribution is -2.09. The number of hydrogen-bond acceptors (Lipinski definition) is 4. The Kier molecular flexibility index (Phi) is 6.13. The predicted octanol–water partition coefficient (Wildman–Crippen LogP) is 7.51. The lowest BCUT2D eigenvalue weighted by Gasteiger charge is -2.10. The molecule has 178 valence electrons. The molecule has 5 nitrogen and oxygen atoms in total. The van der Waals surface area contributed by atoms with Crippen molar-refractivity contribution < 1.29 is 18.7 Å². The second-order valence-electron chi connectivity index (χ2n) is 8.71. The van der Waals surface area contributed by atoms with Gasteiger partial charge in [-0.15, -0.1) is 0 Å². The van der Waals surface area contributed by atoms with E-state index in [1.165, 1.54) is 12.3 Å². The van der Waals surface area contributed by atoms with E-state index in [2.05, 4.69) is 35.6 Å². The molecule has 0 saturated carbocycles. The highest BCUT2D eigenvalue weighted by Crippen LogP contribution is 2.38. The summed E-state index contributed by atoms with van der Waals surface area (Å²) in [7, 11) is 1.60. The van der Waals surface area contributed by atoms with Gasteiger partial charge in [-0.1, -0.05) is 36.4 Å². The van der Waals surface area contributed by atoms with Gasteiger partial charge in [0.25, 0.3) is 0 Å². The first-order chi connectivity index (χ1) is 17.4. The van der Waals surface area contributed by atoms with Gasteiger partial charge >= 0.3 is 0 Å². The van der Waals surface area contributed by atoms with Gasteiger partial charge in [-0.3, -0.25) is 9.59 Å². The van der Waals surface area contributed by atoms with Gasteiger partial charge in [0, 0.05) is 39.9 Å². The maximum absolute atomic E-state index is 12.7. The van der Waals surface area contributed by atoms with Crippen molar-refractivity contribution in [2.24, 2.45) is 0 Å². The van der Waals surface area contributed by atoms with Gasteiger partial charge in [-0.25, -0.2) is 0 Å². The van der Waals surface area contributed by atoms with Gasteiger partial charge in [0.05, 0.1) is 13.4 Å². The minimum Gasteiger partial charge on any atom is -0.496 e. The van der Waals surface area contributed by atoms with Gasteiger partial charge < -0.3 is 14.5 Å². The van der Waals surface area contributed by atoms with Crippen molar-refractivity contribution >= 4 is 44.7 Å². The lowest BCUT2D eigenvalue weighted by molar-refractivity contribution is -0.111. The van der Waals surface area contributed by atoms with Crippen LogP contribution in [0.4, 0.5) is 5.69 Å². The summed E-state index contributed by atoms with van der Waals surface area (Å²) in [5.74, 6) is 0.329. The van der Waals surface area contributed by atoms with Crippen LogP contribution in [0.15, 0.2) is 95.6 Å². The van der Waals surface area contributed by atoms with Gasteiger partial charge in [0.1, 0.15) is 11.3 Å². The number of furan rings is 1. The van der Waals surface area contributed by atoms with Crippen LogP contribution in [-0.4, -0.2) is 18.8 Å². The predicted molar refractivity (Wildman–Crippen MR) is 144 cm³/mol. The number of ketones is 1. The SMILES string of the molecule is COc1cc2occ(-c3ccc4ccccc4c3)c2cc1/C(C)=C/C(=O)Nc1ccc(C(C)=O)cc1. The number of rotatable bonds is 6. The monoisotopic (exact) mass is 475 g/mol. The van der Waals surface area contributed by atoms with E-state index in [1.54, 1.807) is 43.7 Å². The molecule has 1 amide bonds. The summed E-state index contributed by atoms with van der Waals surface area (Å²) in [6.45, 7) is 3.38. The average Bonchev–Trinajstić information content (AvgIpc) is 3.30. The number of methoxy groups -OCH3 is 1. The van der Waals surface area contributed by atoms with Crippen LogP contribution < -0.4 is 10.1 Å². The van der Waals surface area contributed by atoms with Crippen molar-refractivity contribution in [3.8, 4) is 16.9 Å². The van der Waals surface area contributed by atoms with Crippen LogP contribution in [-0.2, 0) is 4.79 Å². The number of carbonyl (C=O) groups is 2. The fourth-order valence-electron chi connectivity index (χ4n) is 4.35. The molecule has 0 spiro atoms. The van der Waals surface area contributed by atoms with Gasteiger partial charge in [-0.2, -0.15) is 0 Å². The molecule has 0 radical (unpaired) electrons. The molecule has 0 aliphatic heterocycles. The standard InChI is InChI=1S/C31H25NO4/c1-19(14-31(34)32-25-12-10-21(11-13-25)20(2)33)26-16-27-28(18-36-30(27)17-29(26)35-3)24-9-8-22-6-4-5-7-23(22)15-24/h4-18H,1-3H3,(H,32,34)/b19-14+. The minimum atomic E-state index is -0.271. The number of hydrogen-bond donors (Lipinski definition) is 1. The third kappa shape index (κ3) is 4.51. The van der Waals surface area contributed by atoms with Crippen molar-refractivity contribution in [3.63, 3.8) is 0 Å². The molecule has 0 bridgehead atoms. The third-order valence-corrected chi connectivity index (χ3v) is 6.29. The van der Waals surface area contributed by atoms with Crippen LogP contribution >= 0.6 is 0 Å². The number of carbonyl (C=O) groups excluding carboxylic acids is 2.